The molecule has 1 aliphatic heterocycles. The zero-order chi connectivity index (χ0) is 15.6. The molecule has 0 saturated carbocycles. The van der Waals surface area contributed by atoms with Crippen LogP contribution in [-0.4, -0.2) is 39.0 Å². The molecule has 120 valence electrons. The molecule has 0 unspecified atom stereocenters. The van der Waals surface area contributed by atoms with Crippen molar-refractivity contribution >= 4 is 16.9 Å². The van der Waals surface area contributed by atoms with Gasteiger partial charge in [0.1, 0.15) is 17.9 Å². The van der Waals surface area contributed by atoms with Crippen LogP contribution in [0, 0.1) is 0 Å². The molecule has 0 radical (unpaired) electrons. The lowest BCUT2D eigenvalue weighted by Crippen LogP contribution is -2.32. The van der Waals surface area contributed by atoms with E-state index in [2.05, 4.69) is 20.0 Å². The minimum Gasteiger partial charge on any atom is -0.467 e. The van der Waals surface area contributed by atoms with E-state index in [0.717, 1.165) is 48.6 Å². The van der Waals surface area contributed by atoms with Gasteiger partial charge in [0.05, 0.1) is 30.5 Å². The number of anilines is 1. The molecule has 1 saturated heterocycles. The maximum Gasteiger partial charge on any atom is 0.163 e. The van der Waals surface area contributed by atoms with Crippen LogP contribution in [0.15, 0.2) is 35.3 Å². The summed E-state index contributed by atoms with van der Waals surface area (Å²) in [4.78, 5) is 11.0. The fraction of sp³-hybridized carbons (Fsp3) is 0.438. The van der Waals surface area contributed by atoms with Gasteiger partial charge < -0.3 is 14.1 Å². The minimum absolute atomic E-state index is 0.228. The quantitative estimate of drug-likeness (QED) is 0.719. The van der Waals surface area contributed by atoms with Gasteiger partial charge in [0, 0.05) is 20.2 Å². The van der Waals surface area contributed by atoms with Crippen LogP contribution >= 0.6 is 0 Å². The minimum atomic E-state index is 0.228. The monoisotopic (exact) mass is 313 g/mol. The van der Waals surface area contributed by atoms with Gasteiger partial charge in [-0.1, -0.05) is 0 Å². The van der Waals surface area contributed by atoms with E-state index in [4.69, 9.17) is 9.15 Å². The average Bonchev–Trinajstić information content (AvgIpc) is 3.30. The smallest absolute Gasteiger partial charge is 0.163 e. The van der Waals surface area contributed by atoms with E-state index < -0.39 is 0 Å². The van der Waals surface area contributed by atoms with Gasteiger partial charge in [-0.3, -0.25) is 4.68 Å². The molecule has 3 aromatic rings. The molecule has 7 nitrogen and oxygen atoms in total. The molecule has 0 aromatic carbocycles. The van der Waals surface area contributed by atoms with Crippen molar-refractivity contribution in [2.75, 3.05) is 18.1 Å². The number of aromatic nitrogens is 4. The Morgan fingerprint density at radius 1 is 1.39 bits per heavy atom. The lowest BCUT2D eigenvalue weighted by atomic mass is 10.2. The molecule has 4 rings (SSSR count). The van der Waals surface area contributed by atoms with Gasteiger partial charge in [0.25, 0.3) is 0 Å². The van der Waals surface area contributed by atoms with Crippen LogP contribution in [0.1, 0.15) is 18.6 Å². The van der Waals surface area contributed by atoms with Crippen LogP contribution in [0.25, 0.3) is 11.0 Å². The van der Waals surface area contributed by atoms with Crippen molar-refractivity contribution < 1.29 is 9.15 Å². The van der Waals surface area contributed by atoms with Crippen LogP contribution in [-0.2, 0) is 18.3 Å². The van der Waals surface area contributed by atoms with Crippen molar-refractivity contribution in [1.29, 1.82) is 0 Å². The Kier molecular flexibility index (Phi) is 3.70. The molecule has 1 atom stereocenters. The molecule has 23 heavy (non-hydrogen) atoms. The normalized spacial score (nSPS) is 17.9. The SMILES string of the molecule is Cn1ncc2c(N(Cc3ccco3)C[C@@H]3CCCO3)ncnc21. The predicted octanol–water partition coefficient (Wildman–Crippen LogP) is 2.14. The lowest BCUT2D eigenvalue weighted by molar-refractivity contribution is 0.115. The number of aryl methyl sites for hydroxylation is 1. The number of nitrogens with zero attached hydrogens (tertiary/aromatic N) is 5. The molecular formula is C16H19N5O2. The van der Waals surface area contributed by atoms with E-state index in [0.29, 0.717) is 6.54 Å². The maximum atomic E-state index is 5.80. The number of fused-ring (bicyclic) bond motifs is 1. The first-order valence-electron chi connectivity index (χ1n) is 7.83. The van der Waals surface area contributed by atoms with E-state index in [-0.39, 0.29) is 6.10 Å². The molecule has 0 bridgehead atoms. The Morgan fingerprint density at radius 2 is 2.35 bits per heavy atom. The second-order valence-electron chi connectivity index (χ2n) is 5.80. The molecule has 7 heteroatoms. The first kappa shape index (κ1) is 14.2. The highest BCUT2D eigenvalue weighted by molar-refractivity contribution is 5.86. The van der Waals surface area contributed by atoms with Crippen LogP contribution in [0.4, 0.5) is 5.82 Å². The third-order valence-electron chi connectivity index (χ3n) is 4.18. The summed E-state index contributed by atoms with van der Waals surface area (Å²) in [7, 11) is 1.88. The largest absolute Gasteiger partial charge is 0.467 e. The molecule has 1 fully saturated rings. The summed E-state index contributed by atoms with van der Waals surface area (Å²) in [5.74, 6) is 1.77. The molecule has 0 amide bonds. The molecule has 0 spiro atoms. The standard InChI is InChI=1S/C16H19N5O2/c1-20-15-14(8-19-20)16(18-11-17-15)21(9-12-4-2-6-22-12)10-13-5-3-7-23-13/h2,4,6,8,11,13H,3,5,7,9-10H2,1H3/t13-/m0/s1. The Morgan fingerprint density at radius 3 is 3.13 bits per heavy atom. The van der Waals surface area contributed by atoms with Gasteiger partial charge in [-0.25, -0.2) is 9.97 Å². The van der Waals surface area contributed by atoms with Gasteiger partial charge in [-0.05, 0) is 25.0 Å². The predicted molar refractivity (Wildman–Crippen MR) is 85.0 cm³/mol. The van der Waals surface area contributed by atoms with Crippen molar-refractivity contribution in [3.8, 4) is 0 Å². The van der Waals surface area contributed by atoms with E-state index >= 15 is 0 Å². The van der Waals surface area contributed by atoms with Gasteiger partial charge >= 0.3 is 0 Å². The second-order valence-corrected chi connectivity index (χ2v) is 5.80. The summed E-state index contributed by atoms with van der Waals surface area (Å²) in [5, 5.41) is 5.24. The van der Waals surface area contributed by atoms with Crippen LogP contribution in [0.2, 0.25) is 0 Å². The molecular weight excluding hydrogens is 294 g/mol. The van der Waals surface area contributed by atoms with E-state index in [1.165, 1.54) is 0 Å². The summed E-state index contributed by atoms with van der Waals surface area (Å²) in [6, 6.07) is 3.88. The van der Waals surface area contributed by atoms with Gasteiger partial charge in [-0.15, -0.1) is 0 Å². The molecule has 3 aromatic heterocycles. The summed E-state index contributed by atoms with van der Waals surface area (Å²) >= 11 is 0. The summed E-state index contributed by atoms with van der Waals surface area (Å²) < 4.78 is 13.1. The van der Waals surface area contributed by atoms with Crippen molar-refractivity contribution in [3.63, 3.8) is 0 Å². The first-order valence-corrected chi connectivity index (χ1v) is 7.83. The number of furan rings is 1. The molecule has 4 heterocycles. The zero-order valence-corrected chi connectivity index (χ0v) is 13.1. The van der Waals surface area contributed by atoms with Gasteiger partial charge in [0.15, 0.2) is 5.65 Å². The average molecular weight is 313 g/mol. The third-order valence-corrected chi connectivity index (χ3v) is 4.18. The second kappa shape index (κ2) is 6.00. The van der Waals surface area contributed by atoms with E-state index in [1.54, 1.807) is 17.3 Å². The Hall–Kier alpha value is -2.41. The summed E-state index contributed by atoms with van der Waals surface area (Å²) in [6.45, 7) is 2.26. The number of hydrogen-bond acceptors (Lipinski definition) is 6. The number of ether oxygens (including phenoxy) is 1. The molecule has 1 aliphatic rings. The highest BCUT2D eigenvalue weighted by Crippen LogP contribution is 2.26. The summed E-state index contributed by atoms with van der Waals surface area (Å²) in [5.41, 5.74) is 0.826. The van der Waals surface area contributed by atoms with Gasteiger partial charge in [-0.2, -0.15) is 5.10 Å². The van der Waals surface area contributed by atoms with Crippen LogP contribution in [0.3, 0.4) is 0 Å². The fourth-order valence-electron chi connectivity index (χ4n) is 3.05. The Balaban J connectivity index is 1.69. The maximum absolute atomic E-state index is 5.80. The van der Waals surface area contributed by atoms with Crippen molar-refractivity contribution in [2.24, 2.45) is 7.05 Å². The van der Waals surface area contributed by atoms with Gasteiger partial charge in [0.2, 0.25) is 0 Å². The van der Waals surface area contributed by atoms with Crippen molar-refractivity contribution in [1.82, 2.24) is 19.7 Å². The van der Waals surface area contributed by atoms with Crippen LogP contribution in [0.5, 0.6) is 0 Å². The number of hydrogen-bond donors (Lipinski definition) is 0. The topological polar surface area (TPSA) is 69.2 Å². The van der Waals surface area contributed by atoms with E-state index in [1.807, 2.05) is 25.4 Å². The highest BCUT2D eigenvalue weighted by atomic mass is 16.5. The van der Waals surface area contributed by atoms with E-state index in [9.17, 15) is 0 Å². The Labute approximate surface area is 133 Å². The first-order chi connectivity index (χ1) is 11.3. The molecule has 0 aliphatic carbocycles. The highest BCUT2D eigenvalue weighted by Gasteiger charge is 2.23. The fourth-order valence-corrected chi connectivity index (χ4v) is 3.05. The van der Waals surface area contributed by atoms with Crippen molar-refractivity contribution in [2.45, 2.75) is 25.5 Å². The van der Waals surface area contributed by atoms with Crippen LogP contribution < -0.4 is 4.90 Å². The molecule has 0 N–H and O–H groups in total. The Bertz CT molecular complexity index is 777. The van der Waals surface area contributed by atoms with Crippen molar-refractivity contribution in [3.05, 3.63) is 36.7 Å². The lowest BCUT2D eigenvalue weighted by Gasteiger charge is -2.25. The zero-order valence-electron chi connectivity index (χ0n) is 13.1. The third kappa shape index (κ3) is 2.79. The number of rotatable bonds is 5. The summed E-state index contributed by atoms with van der Waals surface area (Å²) in [6.07, 6.45) is 7.52.